The number of likely N-dealkylation sites (tertiary alicyclic amines) is 1. The van der Waals surface area contributed by atoms with Crippen molar-refractivity contribution in [3.05, 3.63) is 94.3 Å². The summed E-state index contributed by atoms with van der Waals surface area (Å²) in [7, 11) is 0. The van der Waals surface area contributed by atoms with Gasteiger partial charge in [-0.1, -0.05) is 60.7 Å². The smallest absolute Gasteiger partial charge is 0.410 e. The molecule has 2 heterocycles. The van der Waals surface area contributed by atoms with E-state index >= 15 is 0 Å². The number of aromatic nitrogens is 3. The minimum atomic E-state index is -1.15. The number of hydrogen-bond acceptors (Lipinski definition) is 8. The first-order chi connectivity index (χ1) is 18.0. The van der Waals surface area contributed by atoms with Crippen LogP contribution in [-0.4, -0.2) is 62.5 Å². The molecule has 1 aliphatic carbocycles. The number of ether oxygens (including phenoxy) is 1. The van der Waals surface area contributed by atoms with E-state index in [1.54, 1.807) is 24.3 Å². The van der Waals surface area contributed by atoms with Crippen LogP contribution >= 0.6 is 0 Å². The van der Waals surface area contributed by atoms with E-state index in [1.807, 2.05) is 48.5 Å². The van der Waals surface area contributed by atoms with Crippen molar-refractivity contribution in [1.29, 1.82) is 0 Å². The number of β-amino-alcohol motifs (C(OH)–C–C–N with tert-alkyl or cyclic N) is 1. The highest BCUT2D eigenvalue weighted by molar-refractivity contribution is 5.83. The van der Waals surface area contributed by atoms with E-state index in [1.165, 1.54) is 0 Å². The van der Waals surface area contributed by atoms with Crippen LogP contribution in [0.2, 0.25) is 0 Å². The molecule has 1 saturated heterocycles. The van der Waals surface area contributed by atoms with Crippen LogP contribution in [0.1, 0.15) is 23.5 Å². The molecule has 2 atom stereocenters. The molecule has 4 aromatic rings. The predicted octanol–water partition coefficient (Wildman–Crippen LogP) is 2.13. The van der Waals surface area contributed by atoms with Gasteiger partial charge in [0.05, 0.1) is 18.0 Å². The molecule has 1 aliphatic heterocycles. The van der Waals surface area contributed by atoms with Gasteiger partial charge < -0.3 is 14.7 Å². The van der Waals surface area contributed by atoms with E-state index < -0.39 is 29.8 Å². The van der Waals surface area contributed by atoms with Crippen LogP contribution < -0.4 is 10.4 Å². The molecule has 3 aromatic carbocycles. The summed E-state index contributed by atoms with van der Waals surface area (Å²) < 4.78 is 5.66. The molecule has 186 valence electrons. The van der Waals surface area contributed by atoms with Crippen molar-refractivity contribution in [2.24, 2.45) is 0 Å². The third kappa shape index (κ3) is 4.01. The van der Waals surface area contributed by atoms with Crippen molar-refractivity contribution < 1.29 is 24.3 Å². The van der Waals surface area contributed by atoms with E-state index in [4.69, 9.17) is 9.57 Å². The van der Waals surface area contributed by atoms with Crippen molar-refractivity contribution in [3.63, 3.8) is 0 Å². The Hall–Kier alpha value is -4.57. The lowest BCUT2D eigenvalue weighted by atomic mass is 9.98. The van der Waals surface area contributed by atoms with Crippen LogP contribution in [0.5, 0.6) is 0 Å². The lowest BCUT2D eigenvalue weighted by molar-refractivity contribution is -0.151. The zero-order chi connectivity index (χ0) is 25.5. The number of fused-ring (bicyclic) bond motifs is 4. The number of aliphatic hydroxyl groups is 1. The van der Waals surface area contributed by atoms with E-state index in [0.29, 0.717) is 10.4 Å². The maximum absolute atomic E-state index is 13.1. The van der Waals surface area contributed by atoms with E-state index in [9.17, 15) is 19.5 Å². The third-order valence-corrected chi connectivity index (χ3v) is 6.84. The summed E-state index contributed by atoms with van der Waals surface area (Å²) in [6.45, 7) is -0.0361. The fraction of sp³-hybridized carbons (Fsp3) is 0.222. The SMILES string of the molecule is O=C(On1nnc2ccccc2c1=O)[C@@H]1CC(O)CN1C(=O)OCC1c2ccccc2-c2ccccc21. The molecule has 0 radical (unpaired) electrons. The van der Waals surface area contributed by atoms with Crippen LogP contribution in [0.15, 0.2) is 77.6 Å². The van der Waals surface area contributed by atoms with Gasteiger partial charge in [0.2, 0.25) is 0 Å². The summed E-state index contributed by atoms with van der Waals surface area (Å²) in [6, 6.07) is 21.3. The van der Waals surface area contributed by atoms with Gasteiger partial charge in [-0.25, -0.2) is 9.59 Å². The summed E-state index contributed by atoms with van der Waals surface area (Å²) in [5.74, 6) is -1.07. The molecule has 1 aromatic heterocycles. The number of benzene rings is 3. The Kier molecular flexibility index (Phi) is 5.65. The van der Waals surface area contributed by atoms with Gasteiger partial charge in [0.15, 0.2) is 0 Å². The van der Waals surface area contributed by atoms with Crippen molar-refractivity contribution in [2.45, 2.75) is 24.5 Å². The molecule has 0 saturated carbocycles. The Balaban J connectivity index is 1.18. The first kappa shape index (κ1) is 22.9. The van der Waals surface area contributed by atoms with Gasteiger partial charge in [0.25, 0.3) is 0 Å². The molecule has 10 nitrogen and oxygen atoms in total. The zero-order valence-electron chi connectivity index (χ0n) is 19.6. The topological polar surface area (TPSA) is 124 Å². The number of aliphatic hydroxyl groups excluding tert-OH is 1. The Bertz CT molecular complexity index is 1540. The second-order valence-corrected chi connectivity index (χ2v) is 9.06. The largest absolute Gasteiger partial charge is 0.448 e. The Morgan fingerprint density at radius 1 is 0.946 bits per heavy atom. The van der Waals surface area contributed by atoms with Gasteiger partial charge >= 0.3 is 17.6 Å². The number of rotatable bonds is 4. The molecule has 10 heteroatoms. The summed E-state index contributed by atoms with van der Waals surface area (Å²) in [6.07, 6.45) is -1.76. The molecular weight excluding hydrogens is 476 g/mol. The van der Waals surface area contributed by atoms with Gasteiger partial charge in [-0.05, 0) is 44.4 Å². The maximum atomic E-state index is 13.1. The van der Waals surface area contributed by atoms with Gasteiger partial charge in [-0.15, -0.1) is 5.10 Å². The van der Waals surface area contributed by atoms with E-state index in [2.05, 4.69) is 10.3 Å². The average Bonchev–Trinajstić information content (AvgIpc) is 3.47. The average molecular weight is 498 g/mol. The number of carbonyl (C=O) groups excluding carboxylic acids is 2. The Morgan fingerprint density at radius 3 is 2.32 bits per heavy atom. The quantitative estimate of drug-likeness (QED) is 0.425. The van der Waals surface area contributed by atoms with Crippen molar-refractivity contribution in [1.82, 2.24) is 20.1 Å². The molecule has 1 unspecified atom stereocenters. The minimum Gasteiger partial charge on any atom is -0.448 e. The van der Waals surface area contributed by atoms with Gasteiger partial charge in [-0.3, -0.25) is 9.69 Å². The van der Waals surface area contributed by atoms with Crippen molar-refractivity contribution in [3.8, 4) is 11.1 Å². The molecule has 6 rings (SSSR count). The number of amides is 1. The van der Waals surface area contributed by atoms with Gasteiger partial charge in [-0.2, -0.15) is 0 Å². The minimum absolute atomic E-state index is 0.0568. The number of hydrogen-bond donors (Lipinski definition) is 1. The van der Waals surface area contributed by atoms with E-state index in [0.717, 1.165) is 27.2 Å². The number of carbonyl (C=O) groups is 2. The molecule has 2 aliphatic rings. The Labute approximate surface area is 210 Å². The van der Waals surface area contributed by atoms with E-state index in [-0.39, 0.29) is 30.9 Å². The maximum Gasteiger partial charge on any atom is 0.410 e. The predicted molar refractivity (Wildman–Crippen MR) is 132 cm³/mol. The highest BCUT2D eigenvalue weighted by atomic mass is 16.7. The molecule has 37 heavy (non-hydrogen) atoms. The molecule has 1 fully saturated rings. The summed E-state index contributed by atoms with van der Waals surface area (Å²) >= 11 is 0. The fourth-order valence-corrected chi connectivity index (χ4v) is 5.10. The molecular formula is C27H22N4O6. The zero-order valence-corrected chi connectivity index (χ0v) is 19.6. The van der Waals surface area contributed by atoms with Crippen LogP contribution in [0, 0.1) is 0 Å². The molecule has 1 N–H and O–H groups in total. The third-order valence-electron chi connectivity index (χ3n) is 6.84. The summed E-state index contributed by atoms with van der Waals surface area (Å²) in [4.78, 5) is 45.4. The van der Waals surface area contributed by atoms with Gasteiger partial charge in [0.1, 0.15) is 18.2 Å². The normalized spacial score (nSPS) is 18.5. The standard InChI is InChI=1S/C27H22N4O6/c32-16-13-24(26(34)37-31-25(33)21-11-5-6-12-23(21)28-29-31)30(14-16)27(35)36-15-22-19-9-3-1-7-17(19)18-8-2-4-10-20(18)22/h1-12,16,22,24,32H,13-15H2/t16?,24-/m0/s1. The molecule has 0 bridgehead atoms. The van der Waals surface area contributed by atoms with Gasteiger partial charge in [0, 0.05) is 12.3 Å². The van der Waals surface area contributed by atoms with Crippen LogP contribution in [0.4, 0.5) is 4.79 Å². The first-order valence-corrected chi connectivity index (χ1v) is 11.9. The van der Waals surface area contributed by atoms with Crippen LogP contribution in [0.25, 0.3) is 22.0 Å². The second-order valence-electron chi connectivity index (χ2n) is 9.06. The van der Waals surface area contributed by atoms with Crippen LogP contribution in [0.3, 0.4) is 0 Å². The van der Waals surface area contributed by atoms with Crippen molar-refractivity contribution in [2.75, 3.05) is 13.2 Å². The highest BCUT2D eigenvalue weighted by Gasteiger charge is 2.42. The highest BCUT2D eigenvalue weighted by Crippen LogP contribution is 2.44. The van der Waals surface area contributed by atoms with Crippen molar-refractivity contribution >= 4 is 23.0 Å². The number of nitrogens with zero attached hydrogens (tertiary/aromatic N) is 4. The second kappa shape index (κ2) is 9.14. The first-order valence-electron chi connectivity index (χ1n) is 11.9. The monoisotopic (exact) mass is 498 g/mol. The summed E-state index contributed by atoms with van der Waals surface area (Å²) in [5.41, 5.74) is 4.01. The molecule has 0 spiro atoms. The lowest BCUT2D eigenvalue weighted by Crippen LogP contribution is -2.46. The Morgan fingerprint density at radius 2 is 1.59 bits per heavy atom. The summed E-state index contributed by atoms with van der Waals surface area (Å²) in [5, 5.41) is 18.0. The van der Waals surface area contributed by atoms with Crippen LogP contribution in [-0.2, 0) is 9.53 Å². The fourth-order valence-electron chi connectivity index (χ4n) is 5.10. The molecule has 1 amide bonds. The lowest BCUT2D eigenvalue weighted by Gasteiger charge is -2.23.